The van der Waals surface area contributed by atoms with Crippen molar-refractivity contribution in [2.75, 3.05) is 0 Å². The van der Waals surface area contributed by atoms with Gasteiger partial charge in [-0.2, -0.15) is 0 Å². The van der Waals surface area contributed by atoms with E-state index in [0.717, 1.165) is 25.7 Å². The largest absolute Gasteiger partial charge is 0.479 e. The van der Waals surface area contributed by atoms with Crippen molar-refractivity contribution < 1.29 is 42.5 Å². The second kappa shape index (κ2) is 10.6. The predicted octanol–water partition coefficient (Wildman–Crippen LogP) is 5.37. The van der Waals surface area contributed by atoms with Gasteiger partial charge in [-0.05, 0) is 68.1 Å². The number of fused-ring (bicyclic) bond motifs is 3. The van der Waals surface area contributed by atoms with Gasteiger partial charge >= 0.3 is 17.6 Å². The molecule has 0 aromatic heterocycles. The van der Waals surface area contributed by atoms with Crippen LogP contribution in [0.2, 0.25) is 0 Å². The van der Waals surface area contributed by atoms with Gasteiger partial charge in [0.2, 0.25) is 12.0 Å². The van der Waals surface area contributed by atoms with E-state index in [4.69, 9.17) is 19.9 Å². The lowest BCUT2D eigenvalue weighted by Gasteiger charge is -2.46. The molecular formula is C29H38F2NO7P. The molecule has 0 saturated heterocycles. The van der Waals surface area contributed by atoms with Gasteiger partial charge in [0.25, 0.3) is 0 Å². The molecule has 0 amide bonds. The number of carboxylic acid groups (broad SMARTS) is 1. The summed E-state index contributed by atoms with van der Waals surface area (Å²) in [5.41, 5.74) is 3.24. The molecule has 4 fully saturated rings. The summed E-state index contributed by atoms with van der Waals surface area (Å²) in [7, 11) is -0.838. The van der Waals surface area contributed by atoms with Crippen LogP contribution in [0.25, 0.3) is 0 Å². The number of aliphatic carboxylic acids is 1. The Morgan fingerprint density at radius 1 is 1.15 bits per heavy atom. The standard InChI is InChI=1S/C29H38F2NO7P/c1-15-4-5-18-10-19(15)13-27(3,12-18)25(35)38-16(2)39-26(36)40-29(32)22(11-21-23(29)28(21,31)24(33)34)37-14-17-6-8-20(30)9-7-17/h6-9,15-16,18-19,21-23,40H,4-5,10-14,32H2,1-3H3,(H,33,34)/t15-,16+,18?,19?,21-,22-,23+,27?,28-,29-/m1/s1. The molecule has 0 spiro atoms. The zero-order valence-corrected chi connectivity index (χ0v) is 24.0. The fraction of sp³-hybridized carbons (Fsp3) is 0.690. The van der Waals surface area contributed by atoms with E-state index in [0.29, 0.717) is 23.3 Å². The molecule has 220 valence electrons. The zero-order valence-electron chi connectivity index (χ0n) is 23.0. The lowest BCUT2D eigenvalue weighted by atomic mass is 9.59. The fourth-order valence-electron chi connectivity index (χ4n) is 7.59. The zero-order chi connectivity index (χ0) is 29.0. The van der Waals surface area contributed by atoms with E-state index in [1.54, 1.807) is 0 Å². The Morgan fingerprint density at radius 2 is 1.85 bits per heavy atom. The molecule has 0 aliphatic heterocycles. The number of esters is 1. The molecule has 4 aliphatic carbocycles. The van der Waals surface area contributed by atoms with Gasteiger partial charge in [-0.15, -0.1) is 0 Å². The van der Waals surface area contributed by atoms with Gasteiger partial charge in [0.15, 0.2) is 0 Å². The summed E-state index contributed by atoms with van der Waals surface area (Å²) in [4.78, 5) is 37.9. The van der Waals surface area contributed by atoms with Gasteiger partial charge in [0.05, 0.1) is 23.4 Å². The van der Waals surface area contributed by atoms with Gasteiger partial charge in [-0.3, -0.25) is 4.79 Å². The number of hydrogen-bond acceptors (Lipinski definition) is 7. The van der Waals surface area contributed by atoms with Crippen molar-refractivity contribution in [2.45, 2.75) is 89.2 Å². The highest BCUT2D eigenvalue weighted by atomic mass is 31.1. The Kier molecular flexibility index (Phi) is 7.77. The first kappa shape index (κ1) is 29.3. The average molecular weight is 582 g/mol. The number of carbonyl (C=O) groups excluding carboxylic acids is 2. The van der Waals surface area contributed by atoms with Crippen molar-refractivity contribution in [1.29, 1.82) is 0 Å². The molecular weight excluding hydrogens is 543 g/mol. The second-order valence-electron chi connectivity index (χ2n) is 12.6. The van der Waals surface area contributed by atoms with Crippen molar-refractivity contribution in [3.8, 4) is 0 Å². The van der Waals surface area contributed by atoms with Crippen molar-refractivity contribution in [3.05, 3.63) is 35.6 Å². The molecule has 1 aromatic rings. The number of benzene rings is 1. The summed E-state index contributed by atoms with van der Waals surface area (Å²) < 4.78 is 45.4. The number of carboxylic acids is 1. The number of halogens is 2. The monoisotopic (exact) mass is 581 g/mol. The maximum atomic E-state index is 15.3. The van der Waals surface area contributed by atoms with E-state index in [9.17, 15) is 23.9 Å². The molecule has 40 heavy (non-hydrogen) atoms. The van der Waals surface area contributed by atoms with Crippen LogP contribution in [-0.4, -0.2) is 46.1 Å². The van der Waals surface area contributed by atoms with E-state index >= 15 is 4.39 Å². The Labute approximate surface area is 234 Å². The quantitative estimate of drug-likeness (QED) is 0.227. The summed E-state index contributed by atoms with van der Waals surface area (Å²) in [5.74, 6) is -2.92. The third-order valence-electron chi connectivity index (χ3n) is 9.77. The normalized spacial score (nSPS) is 40.9. The van der Waals surface area contributed by atoms with E-state index in [-0.39, 0.29) is 13.0 Å². The van der Waals surface area contributed by atoms with Gasteiger partial charge in [0, 0.05) is 27.3 Å². The lowest BCUT2D eigenvalue weighted by molar-refractivity contribution is -0.180. The second-order valence-corrected chi connectivity index (χ2v) is 14.2. The van der Waals surface area contributed by atoms with Crippen LogP contribution in [0, 0.1) is 40.8 Å². The van der Waals surface area contributed by atoms with Crippen LogP contribution in [0.3, 0.4) is 0 Å². The first-order valence-electron chi connectivity index (χ1n) is 14.0. The Bertz CT molecular complexity index is 1170. The fourth-order valence-corrected chi connectivity index (χ4v) is 9.10. The van der Waals surface area contributed by atoms with Crippen molar-refractivity contribution in [3.63, 3.8) is 0 Å². The molecule has 2 bridgehead atoms. The van der Waals surface area contributed by atoms with Crippen LogP contribution in [0.4, 0.5) is 13.6 Å². The van der Waals surface area contributed by atoms with Crippen molar-refractivity contribution >= 4 is 26.2 Å². The highest BCUT2D eigenvalue weighted by Gasteiger charge is 2.83. The number of nitrogens with two attached hydrogens (primary N) is 1. The molecule has 4 saturated carbocycles. The number of ether oxygens (including phenoxy) is 3. The lowest BCUT2D eigenvalue weighted by Crippen LogP contribution is -2.52. The maximum Gasteiger partial charge on any atom is 0.342 e. The van der Waals surface area contributed by atoms with E-state index < -0.39 is 72.6 Å². The van der Waals surface area contributed by atoms with E-state index in [2.05, 4.69) is 6.92 Å². The first-order valence-corrected chi connectivity index (χ1v) is 15.0. The molecule has 3 N–H and O–H groups in total. The highest BCUT2D eigenvalue weighted by Crippen LogP contribution is 2.71. The van der Waals surface area contributed by atoms with Gasteiger partial charge in [0.1, 0.15) is 5.82 Å². The van der Waals surface area contributed by atoms with Crippen LogP contribution < -0.4 is 5.73 Å². The van der Waals surface area contributed by atoms with Crippen molar-refractivity contribution in [1.82, 2.24) is 0 Å². The van der Waals surface area contributed by atoms with Gasteiger partial charge in [-0.25, -0.2) is 18.4 Å². The van der Waals surface area contributed by atoms with E-state index in [1.165, 1.54) is 37.6 Å². The maximum absolute atomic E-state index is 15.3. The summed E-state index contributed by atoms with van der Waals surface area (Å²) in [5, 5.41) is 7.87. The summed E-state index contributed by atoms with van der Waals surface area (Å²) in [6.07, 6.45) is 2.91. The first-order chi connectivity index (χ1) is 18.8. The van der Waals surface area contributed by atoms with Gasteiger partial charge < -0.3 is 25.1 Å². The van der Waals surface area contributed by atoms with Crippen molar-refractivity contribution in [2.24, 2.45) is 40.7 Å². The molecule has 11 heteroatoms. The van der Waals surface area contributed by atoms with Crippen LogP contribution in [0.5, 0.6) is 0 Å². The molecule has 8 nitrogen and oxygen atoms in total. The van der Waals surface area contributed by atoms with Crippen LogP contribution in [-0.2, 0) is 30.4 Å². The number of hydrogen-bond donors (Lipinski definition) is 2. The number of carbonyl (C=O) groups is 3. The summed E-state index contributed by atoms with van der Waals surface area (Å²) in [6.45, 7) is 5.63. The molecule has 4 aliphatic rings. The Morgan fingerprint density at radius 3 is 2.52 bits per heavy atom. The van der Waals surface area contributed by atoms with Crippen LogP contribution in [0.15, 0.2) is 24.3 Å². The molecule has 0 radical (unpaired) electrons. The average Bonchev–Trinajstić information content (AvgIpc) is 3.38. The minimum atomic E-state index is -2.54. The van der Waals surface area contributed by atoms with Gasteiger partial charge in [-0.1, -0.05) is 31.9 Å². The molecule has 1 aromatic carbocycles. The Hall–Kier alpha value is -2.16. The summed E-state index contributed by atoms with van der Waals surface area (Å²) in [6, 6.07) is 5.63. The molecule has 11 atom stereocenters. The summed E-state index contributed by atoms with van der Waals surface area (Å²) >= 11 is 0. The smallest absolute Gasteiger partial charge is 0.342 e. The predicted molar refractivity (Wildman–Crippen MR) is 143 cm³/mol. The minimum Gasteiger partial charge on any atom is -0.479 e. The van der Waals surface area contributed by atoms with E-state index in [1.807, 2.05) is 6.92 Å². The third-order valence-corrected chi connectivity index (χ3v) is 11.2. The van der Waals surface area contributed by atoms with Crippen LogP contribution >= 0.6 is 8.58 Å². The minimum absolute atomic E-state index is 0.0229. The topological polar surface area (TPSA) is 125 Å². The third kappa shape index (κ3) is 5.27. The molecule has 4 unspecified atom stereocenters. The Balaban J connectivity index is 1.21. The number of alkyl halides is 1. The molecule has 0 heterocycles. The SMILES string of the molecule is C[C@H](OC(=O)P[C@@]1(N)[C@H]2[C@@H](C[C@H]1OCc1ccc(F)cc1)[C@]2(F)C(=O)O)OC(=O)C1(C)CC2CC[C@@H](C)C(C2)C1. The number of rotatable bonds is 9. The molecule has 5 rings (SSSR count). The highest BCUT2D eigenvalue weighted by molar-refractivity contribution is 7.58. The van der Waals surface area contributed by atoms with Crippen LogP contribution in [0.1, 0.15) is 64.9 Å².